The van der Waals surface area contributed by atoms with Crippen molar-refractivity contribution in [2.24, 2.45) is 0 Å². The van der Waals surface area contributed by atoms with Crippen LogP contribution in [0.25, 0.3) is 0 Å². The van der Waals surface area contributed by atoms with E-state index in [-0.39, 0.29) is 5.82 Å². The number of hydrogen-bond donors (Lipinski definition) is 1. The number of H-pyrrole nitrogens is 1. The molecule has 0 aliphatic carbocycles. The summed E-state index contributed by atoms with van der Waals surface area (Å²) in [6, 6.07) is 6.48. The fourth-order valence-electron chi connectivity index (χ4n) is 1.44. The van der Waals surface area contributed by atoms with Crippen molar-refractivity contribution in [2.75, 3.05) is 0 Å². The highest BCUT2D eigenvalue weighted by Gasteiger charge is 2.05. The first-order valence-electron chi connectivity index (χ1n) is 4.60. The lowest BCUT2D eigenvalue weighted by molar-refractivity contribution is 0.627. The van der Waals surface area contributed by atoms with Gasteiger partial charge in [-0.1, -0.05) is 12.1 Å². The van der Waals surface area contributed by atoms with Gasteiger partial charge >= 0.3 is 0 Å². The fourth-order valence-corrected chi connectivity index (χ4v) is 1.94. The van der Waals surface area contributed by atoms with Gasteiger partial charge in [0.2, 0.25) is 0 Å². The van der Waals surface area contributed by atoms with E-state index >= 15 is 0 Å². The topological polar surface area (TPSA) is 28.7 Å². The molecule has 0 saturated heterocycles. The molecule has 0 atom stereocenters. The van der Waals surface area contributed by atoms with Gasteiger partial charge in [-0.2, -0.15) is 0 Å². The molecule has 0 unspecified atom stereocenters. The zero-order valence-electron chi connectivity index (χ0n) is 8.22. The monoisotopic (exact) mass is 268 g/mol. The Morgan fingerprint density at radius 1 is 1.33 bits per heavy atom. The van der Waals surface area contributed by atoms with Crippen LogP contribution in [0.5, 0.6) is 0 Å². The summed E-state index contributed by atoms with van der Waals surface area (Å²) < 4.78 is 13.5. The van der Waals surface area contributed by atoms with Gasteiger partial charge in [0, 0.05) is 6.42 Å². The van der Waals surface area contributed by atoms with E-state index in [4.69, 9.17) is 0 Å². The summed E-state index contributed by atoms with van der Waals surface area (Å²) in [5.74, 6) is 0.664. The van der Waals surface area contributed by atoms with E-state index in [1.807, 2.05) is 6.92 Å². The van der Waals surface area contributed by atoms with Gasteiger partial charge in [0.15, 0.2) is 0 Å². The minimum absolute atomic E-state index is 0.210. The highest BCUT2D eigenvalue weighted by molar-refractivity contribution is 9.10. The Hall–Kier alpha value is -1.16. The summed E-state index contributed by atoms with van der Waals surface area (Å²) in [6.45, 7) is 1.90. The Balaban J connectivity index is 2.21. The average molecular weight is 269 g/mol. The number of benzene rings is 1. The van der Waals surface area contributed by atoms with Crippen molar-refractivity contribution < 1.29 is 4.39 Å². The molecular weight excluding hydrogens is 259 g/mol. The van der Waals surface area contributed by atoms with Crippen molar-refractivity contribution >= 4 is 15.9 Å². The van der Waals surface area contributed by atoms with Crippen LogP contribution in [0, 0.1) is 12.7 Å². The van der Waals surface area contributed by atoms with Gasteiger partial charge in [0.1, 0.15) is 16.2 Å². The van der Waals surface area contributed by atoms with Crippen molar-refractivity contribution in [1.29, 1.82) is 0 Å². The summed E-state index contributed by atoms with van der Waals surface area (Å²) >= 11 is 3.37. The molecule has 1 heterocycles. The Labute approximate surface area is 95.7 Å². The minimum atomic E-state index is -0.210. The molecule has 0 saturated carbocycles. The highest BCUT2D eigenvalue weighted by Crippen LogP contribution is 2.17. The van der Waals surface area contributed by atoms with E-state index in [9.17, 15) is 4.39 Å². The number of aryl methyl sites for hydroxylation is 1. The summed E-state index contributed by atoms with van der Waals surface area (Å²) in [4.78, 5) is 7.37. The predicted octanol–water partition coefficient (Wildman–Crippen LogP) is 3.21. The van der Waals surface area contributed by atoms with Gasteiger partial charge in [-0.15, -0.1) is 0 Å². The second kappa shape index (κ2) is 4.14. The molecule has 0 radical (unpaired) electrons. The van der Waals surface area contributed by atoms with Gasteiger partial charge in [-0.05, 0) is 40.5 Å². The molecule has 2 rings (SSSR count). The summed E-state index contributed by atoms with van der Waals surface area (Å²) in [5.41, 5.74) is 2.07. The van der Waals surface area contributed by atoms with Gasteiger partial charge in [0.05, 0.1) is 5.69 Å². The van der Waals surface area contributed by atoms with Crippen molar-refractivity contribution in [3.05, 3.63) is 51.8 Å². The molecular formula is C11H10BrFN2. The van der Waals surface area contributed by atoms with E-state index in [0.29, 0.717) is 0 Å². The molecule has 1 N–H and O–H groups in total. The maximum atomic E-state index is 12.7. The number of nitrogens with zero attached hydrogens (tertiary/aromatic N) is 1. The number of aromatic nitrogens is 2. The van der Waals surface area contributed by atoms with Gasteiger partial charge in [-0.25, -0.2) is 9.37 Å². The van der Waals surface area contributed by atoms with E-state index in [2.05, 4.69) is 25.9 Å². The molecule has 0 aliphatic rings. The zero-order valence-corrected chi connectivity index (χ0v) is 9.81. The molecule has 2 aromatic rings. The van der Waals surface area contributed by atoms with Crippen molar-refractivity contribution in [1.82, 2.24) is 9.97 Å². The summed E-state index contributed by atoms with van der Waals surface area (Å²) in [7, 11) is 0. The molecule has 0 fully saturated rings. The first-order valence-corrected chi connectivity index (χ1v) is 5.40. The molecule has 2 nitrogen and oxygen atoms in total. The second-order valence-corrected chi connectivity index (χ2v) is 4.15. The summed E-state index contributed by atoms with van der Waals surface area (Å²) in [6.07, 6.45) is 0.724. The fraction of sp³-hybridized carbons (Fsp3) is 0.182. The van der Waals surface area contributed by atoms with Crippen LogP contribution in [-0.2, 0) is 6.42 Å². The number of rotatable bonds is 2. The van der Waals surface area contributed by atoms with Crippen LogP contribution >= 0.6 is 15.9 Å². The Kier molecular flexibility index (Phi) is 2.86. The van der Waals surface area contributed by atoms with Gasteiger partial charge in [-0.3, -0.25) is 0 Å². The van der Waals surface area contributed by atoms with Gasteiger partial charge < -0.3 is 4.98 Å². The average Bonchev–Trinajstić information content (AvgIpc) is 2.49. The molecule has 1 aromatic heterocycles. The van der Waals surface area contributed by atoms with Crippen molar-refractivity contribution in [3.8, 4) is 0 Å². The van der Waals surface area contributed by atoms with E-state index < -0.39 is 0 Å². The smallest absolute Gasteiger partial charge is 0.127 e. The predicted molar refractivity (Wildman–Crippen MR) is 60.2 cm³/mol. The molecule has 15 heavy (non-hydrogen) atoms. The van der Waals surface area contributed by atoms with Crippen LogP contribution in [-0.4, -0.2) is 9.97 Å². The van der Waals surface area contributed by atoms with Crippen LogP contribution in [0.1, 0.15) is 17.1 Å². The molecule has 0 spiro atoms. The maximum absolute atomic E-state index is 12.7. The normalized spacial score (nSPS) is 10.6. The lowest BCUT2D eigenvalue weighted by Crippen LogP contribution is -1.89. The zero-order chi connectivity index (χ0) is 10.8. The number of halogens is 2. The Bertz CT molecular complexity index is 462. The van der Waals surface area contributed by atoms with Crippen LogP contribution < -0.4 is 0 Å². The third-order valence-electron chi connectivity index (χ3n) is 2.14. The third kappa shape index (κ3) is 2.45. The van der Waals surface area contributed by atoms with Crippen molar-refractivity contribution in [2.45, 2.75) is 13.3 Å². The lowest BCUT2D eigenvalue weighted by atomic mass is 10.1. The molecule has 78 valence electrons. The molecule has 0 bridgehead atoms. The third-order valence-corrected chi connectivity index (χ3v) is 2.80. The second-order valence-electron chi connectivity index (χ2n) is 3.39. The minimum Gasteiger partial charge on any atom is -0.345 e. The van der Waals surface area contributed by atoms with E-state index in [1.54, 1.807) is 12.1 Å². The van der Waals surface area contributed by atoms with Crippen LogP contribution in [0.3, 0.4) is 0 Å². The number of imidazole rings is 1. The highest BCUT2D eigenvalue weighted by atomic mass is 79.9. The van der Waals surface area contributed by atoms with Gasteiger partial charge in [0.25, 0.3) is 0 Å². The first-order chi connectivity index (χ1) is 7.15. The molecule has 0 aliphatic heterocycles. The Morgan fingerprint density at radius 3 is 2.53 bits per heavy atom. The Morgan fingerprint density at radius 2 is 2.00 bits per heavy atom. The number of nitrogens with one attached hydrogen (secondary N) is 1. The summed E-state index contributed by atoms with van der Waals surface area (Å²) in [5, 5.41) is 0. The molecule has 4 heteroatoms. The molecule has 1 aromatic carbocycles. The number of aromatic amines is 1. The SMILES string of the molecule is Cc1nc(Br)c(Cc2ccc(F)cc2)[nH]1. The van der Waals surface area contributed by atoms with Crippen LogP contribution in [0.2, 0.25) is 0 Å². The standard InChI is InChI=1S/C11H10BrFN2/c1-7-14-10(11(12)15-7)6-8-2-4-9(13)5-3-8/h2-5H,6H2,1H3,(H,14,15). The van der Waals surface area contributed by atoms with Crippen LogP contribution in [0.15, 0.2) is 28.9 Å². The van der Waals surface area contributed by atoms with Crippen molar-refractivity contribution in [3.63, 3.8) is 0 Å². The number of hydrogen-bond acceptors (Lipinski definition) is 1. The maximum Gasteiger partial charge on any atom is 0.127 e. The van der Waals surface area contributed by atoms with E-state index in [1.165, 1.54) is 12.1 Å². The quantitative estimate of drug-likeness (QED) is 0.891. The molecule has 0 amide bonds. The van der Waals surface area contributed by atoms with E-state index in [0.717, 1.165) is 28.1 Å². The largest absolute Gasteiger partial charge is 0.345 e. The van der Waals surface area contributed by atoms with Crippen LogP contribution in [0.4, 0.5) is 4.39 Å². The first kappa shape index (κ1) is 10.4. The lowest BCUT2D eigenvalue weighted by Gasteiger charge is -1.99.